The maximum atomic E-state index is 13.1. The number of carbonyl (C=O) groups excluding carboxylic acids is 1. The van der Waals surface area contributed by atoms with E-state index in [9.17, 15) is 4.79 Å². The highest BCUT2D eigenvalue weighted by atomic mass is 32.1. The topological polar surface area (TPSA) is 42.0 Å². The van der Waals surface area contributed by atoms with E-state index in [2.05, 4.69) is 24.8 Å². The number of benzene rings is 1. The lowest BCUT2D eigenvalue weighted by atomic mass is 10.2. The predicted octanol–water partition coefficient (Wildman–Crippen LogP) is 3.40. The van der Waals surface area contributed by atoms with Crippen molar-refractivity contribution in [3.05, 3.63) is 46.7 Å². The Kier molecular flexibility index (Phi) is 6.29. The number of rotatable bonds is 6. The molecule has 2 heterocycles. The molecule has 1 fully saturated rings. The van der Waals surface area contributed by atoms with Gasteiger partial charge >= 0.3 is 0 Å². The minimum atomic E-state index is 0.102. The van der Waals surface area contributed by atoms with Crippen LogP contribution in [-0.4, -0.2) is 49.8 Å². The summed E-state index contributed by atoms with van der Waals surface area (Å²) in [7, 11) is 1.64. The third-order valence-electron chi connectivity index (χ3n) is 4.43. The van der Waals surface area contributed by atoms with Gasteiger partial charge in [0.15, 0.2) is 0 Å². The van der Waals surface area contributed by atoms with Crippen molar-refractivity contribution < 1.29 is 14.3 Å². The molecule has 2 atom stereocenters. The Bertz CT molecular complexity index is 692. The van der Waals surface area contributed by atoms with Crippen LogP contribution < -0.4 is 9.64 Å². The summed E-state index contributed by atoms with van der Waals surface area (Å²) >= 11 is 1.67. The summed E-state index contributed by atoms with van der Waals surface area (Å²) in [5, 5.41) is 2.04. The Balaban J connectivity index is 1.76. The molecular weight excluding hydrogens is 348 g/mol. The van der Waals surface area contributed by atoms with Crippen LogP contribution >= 0.6 is 11.3 Å². The number of nitrogens with zero attached hydrogens (tertiary/aromatic N) is 2. The number of morpholine rings is 1. The quantitative estimate of drug-likeness (QED) is 0.777. The molecule has 0 unspecified atom stereocenters. The van der Waals surface area contributed by atoms with Crippen molar-refractivity contribution in [2.24, 2.45) is 0 Å². The van der Waals surface area contributed by atoms with Crippen LogP contribution in [0.3, 0.4) is 0 Å². The maximum absolute atomic E-state index is 13.1. The van der Waals surface area contributed by atoms with E-state index >= 15 is 0 Å². The van der Waals surface area contributed by atoms with E-state index in [0.29, 0.717) is 13.1 Å². The second-order valence-corrected chi connectivity index (χ2v) is 7.74. The molecule has 0 bridgehead atoms. The number of thiophene rings is 1. The molecule has 140 valence electrons. The van der Waals surface area contributed by atoms with Gasteiger partial charge in [-0.1, -0.05) is 6.07 Å². The molecule has 0 spiro atoms. The van der Waals surface area contributed by atoms with E-state index in [1.54, 1.807) is 18.4 Å². The van der Waals surface area contributed by atoms with Crippen LogP contribution in [-0.2, 0) is 16.1 Å². The van der Waals surface area contributed by atoms with Crippen molar-refractivity contribution in [1.29, 1.82) is 0 Å². The molecular formula is C20H26N2O3S. The van der Waals surface area contributed by atoms with Crippen LogP contribution in [0.1, 0.15) is 18.7 Å². The molecule has 1 saturated heterocycles. The van der Waals surface area contributed by atoms with E-state index in [-0.39, 0.29) is 18.1 Å². The number of amides is 1. The molecule has 0 aliphatic carbocycles. The highest BCUT2D eigenvalue weighted by Gasteiger charge is 2.26. The zero-order chi connectivity index (χ0) is 18.5. The summed E-state index contributed by atoms with van der Waals surface area (Å²) in [4.78, 5) is 18.3. The third kappa shape index (κ3) is 4.84. The molecule has 1 aliphatic heterocycles. The SMILES string of the molecule is COc1ccc(N(Cc2cccs2)C(=O)CN2C[C@@H](C)O[C@@H](C)C2)cc1. The molecule has 3 rings (SSSR count). The van der Waals surface area contributed by atoms with Gasteiger partial charge in [-0.05, 0) is 49.6 Å². The summed E-state index contributed by atoms with van der Waals surface area (Å²) < 4.78 is 11.0. The minimum Gasteiger partial charge on any atom is -0.497 e. The lowest BCUT2D eigenvalue weighted by Crippen LogP contribution is -2.49. The third-order valence-corrected chi connectivity index (χ3v) is 5.29. The van der Waals surface area contributed by atoms with Crippen molar-refractivity contribution in [3.8, 4) is 5.75 Å². The van der Waals surface area contributed by atoms with Crippen LogP contribution in [0.4, 0.5) is 5.69 Å². The molecule has 26 heavy (non-hydrogen) atoms. The second kappa shape index (κ2) is 8.66. The van der Waals surface area contributed by atoms with Gasteiger partial charge in [-0.3, -0.25) is 9.69 Å². The fourth-order valence-corrected chi connectivity index (χ4v) is 4.03. The van der Waals surface area contributed by atoms with Crippen molar-refractivity contribution in [1.82, 2.24) is 4.90 Å². The monoisotopic (exact) mass is 374 g/mol. The van der Waals surface area contributed by atoms with Crippen LogP contribution in [0.5, 0.6) is 5.75 Å². The summed E-state index contributed by atoms with van der Waals surface area (Å²) in [5.74, 6) is 0.887. The van der Waals surface area contributed by atoms with E-state index in [1.807, 2.05) is 40.6 Å². The van der Waals surface area contributed by atoms with E-state index < -0.39 is 0 Å². The molecule has 0 N–H and O–H groups in total. The normalized spacial score (nSPS) is 20.7. The van der Waals surface area contributed by atoms with E-state index in [1.165, 1.54) is 0 Å². The molecule has 1 amide bonds. The first kappa shape index (κ1) is 18.9. The molecule has 0 radical (unpaired) electrons. The number of anilines is 1. The molecule has 1 aromatic carbocycles. The lowest BCUT2D eigenvalue weighted by Gasteiger charge is -2.36. The second-order valence-electron chi connectivity index (χ2n) is 6.71. The smallest absolute Gasteiger partial charge is 0.241 e. The Morgan fingerprint density at radius 1 is 1.23 bits per heavy atom. The zero-order valence-electron chi connectivity index (χ0n) is 15.6. The molecule has 1 aromatic heterocycles. The Morgan fingerprint density at radius 3 is 2.50 bits per heavy atom. The number of hydrogen-bond acceptors (Lipinski definition) is 5. The van der Waals surface area contributed by atoms with Gasteiger partial charge in [-0.2, -0.15) is 0 Å². The standard InChI is InChI=1S/C20H26N2O3S/c1-15-11-21(12-16(2)25-15)14-20(23)22(13-19-5-4-10-26-19)17-6-8-18(24-3)9-7-17/h4-10,15-16H,11-14H2,1-3H3/t15-,16+. The largest absolute Gasteiger partial charge is 0.497 e. The molecule has 6 heteroatoms. The maximum Gasteiger partial charge on any atom is 0.241 e. The summed E-state index contributed by atoms with van der Waals surface area (Å²) in [6.07, 6.45) is 0.302. The lowest BCUT2D eigenvalue weighted by molar-refractivity contribution is -0.123. The minimum absolute atomic E-state index is 0.102. The van der Waals surface area contributed by atoms with Gasteiger partial charge in [0.1, 0.15) is 5.75 Å². The molecule has 1 aliphatic rings. The van der Waals surface area contributed by atoms with Crippen LogP contribution in [0, 0.1) is 0 Å². The summed E-state index contributed by atoms with van der Waals surface area (Å²) in [5.41, 5.74) is 0.888. The zero-order valence-corrected chi connectivity index (χ0v) is 16.4. The first-order valence-corrected chi connectivity index (χ1v) is 9.77. The first-order valence-electron chi connectivity index (χ1n) is 8.89. The van der Waals surface area contributed by atoms with Gasteiger partial charge in [-0.15, -0.1) is 11.3 Å². The Hall–Kier alpha value is -1.89. The van der Waals surface area contributed by atoms with Gasteiger partial charge in [0.05, 0.1) is 32.4 Å². The highest BCUT2D eigenvalue weighted by molar-refractivity contribution is 7.09. The van der Waals surface area contributed by atoms with Gasteiger partial charge in [0.25, 0.3) is 0 Å². The summed E-state index contributed by atoms with van der Waals surface area (Å²) in [6.45, 7) is 6.66. The van der Waals surface area contributed by atoms with Gasteiger partial charge in [0, 0.05) is 23.7 Å². The average Bonchev–Trinajstić information content (AvgIpc) is 3.12. The molecule has 0 saturated carbocycles. The van der Waals surface area contributed by atoms with E-state index in [0.717, 1.165) is 29.4 Å². The van der Waals surface area contributed by atoms with Crippen molar-refractivity contribution in [2.75, 3.05) is 31.6 Å². The number of carbonyl (C=O) groups is 1. The van der Waals surface area contributed by atoms with Crippen molar-refractivity contribution in [3.63, 3.8) is 0 Å². The van der Waals surface area contributed by atoms with Gasteiger partial charge < -0.3 is 14.4 Å². The van der Waals surface area contributed by atoms with Gasteiger partial charge in [-0.25, -0.2) is 0 Å². The van der Waals surface area contributed by atoms with Crippen LogP contribution in [0.2, 0.25) is 0 Å². The molecule has 5 nitrogen and oxygen atoms in total. The molecule has 2 aromatic rings. The fraction of sp³-hybridized carbons (Fsp3) is 0.450. The highest BCUT2D eigenvalue weighted by Crippen LogP contribution is 2.23. The summed E-state index contributed by atoms with van der Waals surface area (Å²) in [6, 6.07) is 11.7. The van der Waals surface area contributed by atoms with Crippen molar-refractivity contribution >= 4 is 22.9 Å². The number of ether oxygens (including phenoxy) is 2. The number of methoxy groups -OCH3 is 1. The van der Waals surface area contributed by atoms with Crippen LogP contribution in [0.15, 0.2) is 41.8 Å². The Labute approximate surface area is 159 Å². The Morgan fingerprint density at radius 2 is 1.92 bits per heavy atom. The predicted molar refractivity (Wildman–Crippen MR) is 105 cm³/mol. The van der Waals surface area contributed by atoms with Crippen LogP contribution in [0.25, 0.3) is 0 Å². The first-order chi connectivity index (χ1) is 12.5. The van der Waals surface area contributed by atoms with Crippen molar-refractivity contribution in [2.45, 2.75) is 32.6 Å². The number of hydrogen-bond donors (Lipinski definition) is 0. The van der Waals surface area contributed by atoms with Gasteiger partial charge in [0.2, 0.25) is 5.91 Å². The fourth-order valence-electron chi connectivity index (χ4n) is 3.33. The average molecular weight is 375 g/mol. The van der Waals surface area contributed by atoms with E-state index in [4.69, 9.17) is 9.47 Å².